The standard InChI is InChI=1S/C48H30N2/c1-2-13-31(14-3-1)32-25-27-33(28-26-32)49-44-24-11-9-20-42(44)46-45(49)30-29-41-40-22-12-21-39-37-18-7-5-16-35(37)34-15-4-6-17-36(34)38-19-8-10-23-43(38)50(47(39)40)48(41)46/h1-30H. The third-order valence-electron chi connectivity index (χ3n) is 10.7. The summed E-state index contributed by atoms with van der Waals surface area (Å²) >= 11 is 0. The number of hydrogen-bond acceptors (Lipinski definition) is 0. The quantitative estimate of drug-likeness (QED) is 0.179. The van der Waals surface area contributed by atoms with Gasteiger partial charge in [0.1, 0.15) is 0 Å². The molecule has 0 radical (unpaired) electrons. The molecule has 3 aromatic heterocycles. The summed E-state index contributed by atoms with van der Waals surface area (Å²) in [4.78, 5) is 0. The lowest BCUT2D eigenvalue weighted by Gasteiger charge is -2.10. The predicted molar refractivity (Wildman–Crippen MR) is 214 cm³/mol. The van der Waals surface area contributed by atoms with E-state index in [0.717, 1.165) is 5.69 Å². The van der Waals surface area contributed by atoms with Crippen LogP contribution in [0.15, 0.2) is 182 Å². The third-order valence-corrected chi connectivity index (χ3v) is 10.7. The van der Waals surface area contributed by atoms with Gasteiger partial charge in [-0.05, 0) is 63.0 Å². The summed E-state index contributed by atoms with van der Waals surface area (Å²) < 4.78 is 5.02. The second-order valence-electron chi connectivity index (χ2n) is 13.3. The Morgan fingerprint density at radius 1 is 0.260 bits per heavy atom. The molecule has 11 aromatic rings. The maximum atomic E-state index is 2.58. The highest BCUT2D eigenvalue weighted by molar-refractivity contribution is 6.30. The van der Waals surface area contributed by atoms with E-state index in [9.17, 15) is 0 Å². The average Bonchev–Trinajstić information content (AvgIpc) is 3.72. The van der Waals surface area contributed by atoms with Crippen LogP contribution in [0.1, 0.15) is 0 Å². The van der Waals surface area contributed by atoms with Crippen LogP contribution in [0.4, 0.5) is 0 Å². The number of hydrogen-bond donors (Lipinski definition) is 0. The van der Waals surface area contributed by atoms with Gasteiger partial charge in [-0.25, -0.2) is 0 Å². The van der Waals surface area contributed by atoms with Crippen molar-refractivity contribution in [1.29, 1.82) is 0 Å². The van der Waals surface area contributed by atoms with Gasteiger partial charge in [0.2, 0.25) is 0 Å². The van der Waals surface area contributed by atoms with Crippen molar-refractivity contribution in [3.8, 4) is 16.8 Å². The number of para-hydroxylation sites is 3. The molecule has 0 atom stereocenters. The van der Waals surface area contributed by atoms with Crippen molar-refractivity contribution in [2.24, 2.45) is 0 Å². The summed E-state index contributed by atoms with van der Waals surface area (Å²) in [7, 11) is 0. The topological polar surface area (TPSA) is 9.34 Å². The highest BCUT2D eigenvalue weighted by Crippen LogP contribution is 2.44. The molecule has 0 saturated heterocycles. The molecule has 232 valence electrons. The van der Waals surface area contributed by atoms with Crippen molar-refractivity contribution >= 4 is 81.4 Å². The van der Waals surface area contributed by atoms with Gasteiger partial charge in [0, 0.05) is 38.0 Å². The predicted octanol–water partition coefficient (Wildman–Crippen LogP) is 13.0. The Bertz CT molecular complexity index is 3180. The van der Waals surface area contributed by atoms with Gasteiger partial charge in [0.05, 0.1) is 27.6 Å². The lowest BCUT2D eigenvalue weighted by molar-refractivity contribution is 1.18. The zero-order chi connectivity index (χ0) is 32.8. The van der Waals surface area contributed by atoms with Gasteiger partial charge in [0.25, 0.3) is 0 Å². The Kier molecular flexibility index (Phi) is 5.70. The van der Waals surface area contributed by atoms with E-state index in [1.807, 2.05) is 0 Å². The minimum absolute atomic E-state index is 1.15. The summed E-state index contributed by atoms with van der Waals surface area (Å²) in [6, 6.07) is 66.8. The van der Waals surface area contributed by atoms with Gasteiger partial charge in [-0.2, -0.15) is 0 Å². The monoisotopic (exact) mass is 634 g/mol. The average molecular weight is 635 g/mol. The second kappa shape index (κ2) is 10.4. The normalized spacial score (nSPS) is 12.0. The van der Waals surface area contributed by atoms with E-state index in [1.165, 1.54) is 92.6 Å². The van der Waals surface area contributed by atoms with Gasteiger partial charge >= 0.3 is 0 Å². The first-order chi connectivity index (χ1) is 24.8. The van der Waals surface area contributed by atoms with Crippen LogP contribution in [-0.4, -0.2) is 8.97 Å². The van der Waals surface area contributed by atoms with Crippen LogP contribution in [0, 0.1) is 0 Å². The summed E-state index contributed by atoms with van der Waals surface area (Å²) in [6.45, 7) is 0. The fourth-order valence-corrected chi connectivity index (χ4v) is 8.58. The zero-order valence-electron chi connectivity index (χ0n) is 27.2. The zero-order valence-corrected chi connectivity index (χ0v) is 27.2. The van der Waals surface area contributed by atoms with E-state index in [2.05, 4.69) is 191 Å². The molecule has 0 saturated carbocycles. The van der Waals surface area contributed by atoms with Crippen LogP contribution >= 0.6 is 0 Å². The molecule has 0 amide bonds. The third kappa shape index (κ3) is 3.73. The molecule has 0 bridgehead atoms. The van der Waals surface area contributed by atoms with E-state index < -0.39 is 0 Å². The van der Waals surface area contributed by atoms with Crippen molar-refractivity contribution in [2.75, 3.05) is 0 Å². The number of rotatable bonds is 2. The molecule has 0 N–H and O–H groups in total. The van der Waals surface area contributed by atoms with Crippen LogP contribution in [0.3, 0.4) is 0 Å². The summed E-state index contributed by atoms with van der Waals surface area (Å²) in [5.74, 6) is 0. The van der Waals surface area contributed by atoms with Crippen LogP contribution < -0.4 is 0 Å². The molecular formula is C48H30N2. The number of benzene rings is 8. The molecule has 0 unspecified atom stereocenters. The molecule has 2 heteroatoms. The molecule has 11 rings (SSSR count). The molecule has 0 aliphatic rings. The van der Waals surface area contributed by atoms with Crippen molar-refractivity contribution in [3.05, 3.63) is 182 Å². The molecule has 50 heavy (non-hydrogen) atoms. The van der Waals surface area contributed by atoms with E-state index in [0.29, 0.717) is 0 Å². The smallest absolute Gasteiger partial charge is 0.0641 e. The fraction of sp³-hybridized carbons (Fsp3) is 0. The molecule has 2 nitrogen and oxygen atoms in total. The fourth-order valence-electron chi connectivity index (χ4n) is 8.58. The summed E-state index contributed by atoms with van der Waals surface area (Å²) in [5.41, 5.74) is 9.67. The van der Waals surface area contributed by atoms with Crippen molar-refractivity contribution in [1.82, 2.24) is 8.97 Å². The molecular weight excluding hydrogens is 605 g/mol. The van der Waals surface area contributed by atoms with E-state index >= 15 is 0 Å². The second-order valence-corrected chi connectivity index (χ2v) is 13.3. The highest BCUT2D eigenvalue weighted by atomic mass is 15.0. The first kappa shape index (κ1) is 27.3. The molecule has 0 fully saturated rings. The molecule has 8 aromatic carbocycles. The van der Waals surface area contributed by atoms with E-state index in [1.54, 1.807) is 0 Å². The Hall–Kier alpha value is -6.64. The van der Waals surface area contributed by atoms with Crippen LogP contribution in [-0.2, 0) is 0 Å². The van der Waals surface area contributed by atoms with Crippen LogP contribution in [0.25, 0.3) is 98.3 Å². The summed E-state index contributed by atoms with van der Waals surface area (Å²) in [6.07, 6.45) is 0. The molecule has 0 spiro atoms. The number of aromatic nitrogens is 2. The first-order valence-corrected chi connectivity index (χ1v) is 17.3. The maximum absolute atomic E-state index is 2.58. The Morgan fingerprint density at radius 2 is 0.740 bits per heavy atom. The van der Waals surface area contributed by atoms with E-state index in [-0.39, 0.29) is 0 Å². The SMILES string of the molecule is c1ccc(-c2ccc(-n3c4ccccc4c4c3ccc3c5cccc6c7ccccc7c7ccccc7c7ccccc7n(c65)c34)cc2)cc1. The van der Waals surface area contributed by atoms with E-state index in [4.69, 9.17) is 0 Å². The van der Waals surface area contributed by atoms with Gasteiger partial charge in [-0.15, -0.1) is 0 Å². The van der Waals surface area contributed by atoms with Crippen molar-refractivity contribution in [3.63, 3.8) is 0 Å². The van der Waals surface area contributed by atoms with Crippen molar-refractivity contribution in [2.45, 2.75) is 0 Å². The highest BCUT2D eigenvalue weighted by Gasteiger charge is 2.21. The Balaban J connectivity index is 1.39. The van der Waals surface area contributed by atoms with Gasteiger partial charge in [0.15, 0.2) is 0 Å². The lowest BCUT2D eigenvalue weighted by Crippen LogP contribution is -1.94. The number of fused-ring (bicyclic) bond motifs is 14. The van der Waals surface area contributed by atoms with Gasteiger partial charge in [-0.3, -0.25) is 0 Å². The van der Waals surface area contributed by atoms with Gasteiger partial charge < -0.3 is 8.97 Å². The van der Waals surface area contributed by atoms with Crippen LogP contribution in [0.5, 0.6) is 0 Å². The first-order valence-electron chi connectivity index (χ1n) is 17.3. The Morgan fingerprint density at radius 3 is 1.44 bits per heavy atom. The van der Waals surface area contributed by atoms with Crippen molar-refractivity contribution < 1.29 is 0 Å². The largest absolute Gasteiger partial charge is 0.309 e. The lowest BCUT2D eigenvalue weighted by atomic mass is 10.0. The molecule has 0 aliphatic heterocycles. The summed E-state index contributed by atoms with van der Waals surface area (Å²) in [5, 5.41) is 12.5. The molecule has 0 aliphatic carbocycles. The minimum atomic E-state index is 1.15. The maximum Gasteiger partial charge on any atom is 0.0641 e. The molecule has 3 heterocycles. The minimum Gasteiger partial charge on any atom is -0.309 e. The number of nitrogens with zero attached hydrogens (tertiary/aromatic N) is 2. The van der Waals surface area contributed by atoms with Crippen LogP contribution in [0.2, 0.25) is 0 Å². The van der Waals surface area contributed by atoms with Gasteiger partial charge in [-0.1, -0.05) is 152 Å². The Labute approximate surface area is 288 Å².